The molecule has 0 saturated heterocycles. The van der Waals surface area contributed by atoms with Crippen molar-refractivity contribution in [1.82, 2.24) is 4.98 Å². The number of aryl methyl sites for hydroxylation is 1. The molecule has 0 N–H and O–H groups in total. The predicted octanol–water partition coefficient (Wildman–Crippen LogP) is 3.87. The lowest BCUT2D eigenvalue weighted by molar-refractivity contribution is 0.603. The van der Waals surface area contributed by atoms with E-state index in [1.54, 1.807) is 0 Å². The Hall–Kier alpha value is -1.000. The zero-order chi connectivity index (χ0) is 11.5. The maximum absolute atomic E-state index is 13.4. The maximum Gasteiger partial charge on any atom is 0.133 e. The first-order valence-electron chi connectivity index (χ1n) is 4.66. The van der Waals surface area contributed by atoms with Gasteiger partial charge in [-0.05, 0) is 18.2 Å². The average molecular weight is 260 g/mol. The van der Waals surface area contributed by atoms with Crippen LogP contribution in [-0.4, -0.2) is 10.9 Å². The van der Waals surface area contributed by atoms with Crippen LogP contribution in [0.15, 0.2) is 23.6 Å². The molecule has 0 aliphatic heterocycles. The molecule has 0 fully saturated rings. The predicted molar refractivity (Wildman–Crippen MR) is 61.9 cm³/mol. The van der Waals surface area contributed by atoms with Crippen LogP contribution in [-0.2, 0) is 6.42 Å². The monoisotopic (exact) mass is 259 g/mol. The molecule has 0 bridgehead atoms. The summed E-state index contributed by atoms with van der Waals surface area (Å²) in [4.78, 5) is 4.20. The minimum absolute atomic E-state index is 0.200. The van der Waals surface area contributed by atoms with Crippen molar-refractivity contribution in [3.63, 3.8) is 0 Å². The highest BCUT2D eigenvalue weighted by atomic mass is 35.5. The van der Waals surface area contributed by atoms with E-state index in [-0.39, 0.29) is 5.56 Å². The molecule has 2 aromatic rings. The molecule has 0 radical (unpaired) electrons. The fourth-order valence-electron chi connectivity index (χ4n) is 1.30. The molecule has 16 heavy (non-hydrogen) atoms. The van der Waals surface area contributed by atoms with Crippen LogP contribution in [0.4, 0.5) is 8.78 Å². The number of hydrogen-bond acceptors (Lipinski definition) is 2. The number of hydrogen-bond donors (Lipinski definition) is 0. The highest BCUT2D eigenvalue weighted by Crippen LogP contribution is 2.27. The van der Waals surface area contributed by atoms with Gasteiger partial charge in [-0.25, -0.2) is 13.8 Å². The van der Waals surface area contributed by atoms with E-state index < -0.39 is 11.6 Å². The number of aromatic nitrogens is 1. The van der Waals surface area contributed by atoms with Crippen molar-refractivity contribution in [2.24, 2.45) is 0 Å². The Kier molecular flexibility index (Phi) is 3.51. The zero-order valence-electron chi connectivity index (χ0n) is 8.21. The molecule has 84 valence electrons. The van der Waals surface area contributed by atoms with Gasteiger partial charge in [0.25, 0.3) is 0 Å². The summed E-state index contributed by atoms with van der Waals surface area (Å²) in [5.41, 5.74) is 1.00. The Bertz CT molecular complexity index is 498. The van der Waals surface area contributed by atoms with Gasteiger partial charge in [0, 0.05) is 23.2 Å². The maximum atomic E-state index is 13.4. The molecule has 0 aliphatic carbocycles. The molecule has 0 amide bonds. The smallest absolute Gasteiger partial charge is 0.133 e. The van der Waals surface area contributed by atoms with Gasteiger partial charge in [-0.1, -0.05) is 0 Å². The van der Waals surface area contributed by atoms with Crippen molar-refractivity contribution in [2.75, 3.05) is 5.88 Å². The molecule has 5 heteroatoms. The van der Waals surface area contributed by atoms with Crippen molar-refractivity contribution in [3.8, 4) is 10.6 Å². The van der Waals surface area contributed by atoms with Crippen LogP contribution in [0, 0.1) is 11.6 Å². The summed E-state index contributed by atoms with van der Waals surface area (Å²) >= 11 is 6.87. The Morgan fingerprint density at radius 2 is 2.12 bits per heavy atom. The Balaban J connectivity index is 2.38. The second-order valence-electron chi connectivity index (χ2n) is 3.21. The standard InChI is InChI=1S/C11H8ClF2NS/c12-4-3-8-6-16-11(15-8)9-5-7(13)1-2-10(9)14/h1-2,5-6H,3-4H2. The molecule has 0 unspecified atom stereocenters. The fraction of sp³-hybridized carbons (Fsp3) is 0.182. The van der Waals surface area contributed by atoms with Crippen LogP contribution in [0.2, 0.25) is 0 Å². The first-order chi connectivity index (χ1) is 7.70. The van der Waals surface area contributed by atoms with Gasteiger partial charge in [0.1, 0.15) is 16.6 Å². The van der Waals surface area contributed by atoms with Crippen LogP contribution in [0.25, 0.3) is 10.6 Å². The van der Waals surface area contributed by atoms with Gasteiger partial charge < -0.3 is 0 Å². The second-order valence-corrected chi connectivity index (χ2v) is 4.44. The summed E-state index contributed by atoms with van der Waals surface area (Å²) in [5, 5.41) is 2.29. The Morgan fingerprint density at radius 3 is 2.88 bits per heavy atom. The lowest BCUT2D eigenvalue weighted by Crippen LogP contribution is -1.88. The molecule has 1 heterocycles. The van der Waals surface area contributed by atoms with Gasteiger partial charge in [0.15, 0.2) is 0 Å². The summed E-state index contributed by atoms with van der Waals surface area (Å²) < 4.78 is 26.4. The molecule has 0 aliphatic rings. The molecule has 2 rings (SSSR count). The van der Waals surface area contributed by atoms with E-state index in [1.807, 2.05) is 5.38 Å². The summed E-state index contributed by atoms with van der Waals surface area (Å²) in [6.07, 6.45) is 0.634. The quantitative estimate of drug-likeness (QED) is 0.763. The molecular formula is C11H8ClF2NS. The lowest BCUT2D eigenvalue weighted by atomic mass is 10.2. The molecule has 1 nitrogen and oxygen atoms in total. The van der Waals surface area contributed by atoms with Crippen molar-refractivity contribution in [3.05, 3.63) is 40.9 Å². The zero-order valence-corrected chi connectivity index (χ0v) is 9.79. The largest absolute Gasteiger partial charge is 0.241 e. The van der Waals surface area contributed by atoms with E-state index in [2.05, 4.69) is 4.98 Å². The number of thiazole rings is 1. The lowest BCUT2D eigenvalue weighted by Gasteiger charge is -1.98. The molecule has 0 atom stereocenters. The Morgan fingerprint density at radius 1 is 1.31 bits per heavy atom. The van der Waals surface area contributed by atoms with Gasteiger partial charge in [-0.3, -0.25) is 0 Å². The molecular weight excluding hydrogens is 252 g/mol. The van der Waals surface area contributed by atoms with E-state index in [1.165, 1.54) is 11.3 Å². The highest BCUT2D eigenvalue weighted by molar-refractivity contribution is 7.13. The number of halogens is 3. The summed E-state index contributed by atoms with van der Waals surface area (Å²) in [7, 11) is 0. The van der Waals surface area contributed by atoms with Crippen LogP contribution < -0.4 is 0 Å². The average Bonchev–Trinajstić information content (AvgIpc) is 2.71. The van der Waals surface area contributed by atoms with Crippen molar-refractivity contribution < 1.29 is 8.78 Å². The van der Waals surface area contributed by atoms with Gasteiger partial charge in [-0.2, -0.15) is 0 Å². The highest BCUT2D eigenvalue weighted by Gasteiger charge is 2.10. The normalized spacial score (nSPS) is 10.7. The van der Waals surface area contributed by atoms with Gasteiger partial charge in [0.05, 0.1) is 5.69 Å². The van der Waals surface area contributed by atoms with Crippen LogP contribution in [0.3, 0.4) is 0 Å². The minimum Gasteiger partial charge on any atom is -0.241 e. The van der Waals surface area contributed by atoms with Crippen molar-refractivity contribution >= 4 is 22.9 Å². The van der Waals surface area contributed by atoms with Gasteiger partial charge >= 0.3 is 0 Å². The Labute approximate surface area is 101 Å². The van der Waals surface area contributed by atoms with Crippen LogP contribution in [0.1, 0.15) is 5.69 Å². The molecule has 0 saturated carbocycles. The van der Waals surface area contributed by atoms with Gasteiger partial charge in [0.2, 0.25) is 0 Å². The van der Waals surface area contributed by atoms with Crippen LogP contribution in [0.5, 0.6) is 0 Å². The third kappa shape index (κ3) is 2.39. The molecule has 0 spiro atoms. The number of benzene rings is 1. The van der Waals surface area contributed by atoms with Gasteiger partial charge in [-0.15, -0.1) is 22.9 Å². The SMILES string of the molecule is Fc1ccc(F)c(-c2nc(CCCl)cs2)c1. The van der Waals surface area contributed by atoms with E-state index in [0.29, 0.717) is 17.3 Å². The van der Waals surface area contributed by atoms with Crippen molar-refractivity contribution in [1.29, 1.82) is 0 Å². The third-order valence-corrected chi connectivity index (χ3v) is 3.17. The third-order valence-electron chi connectivity index (χ3n) is 2.06. The summed E-state index contributed by atoms with van der Waals surface area (Å²) in [6, 6.07) is 3.35. The first kappa shape index (κ1) is 11.5. The fourth-order valence-corrected chi connectivity index (χ4v) is 2.37. The first-order valence-corrected chi connectivity index (χ1v) is 6.08. The molecule has 1 aromatic heterocycles. The van der Waals surface area contributed by atoms with E-state index in [0.717, 1.165) is 23.9 Å². The van der Waals surface area contributed by atoms with Crippen LogP contribution >= 0.6 is 22.9 Å². The van der Waals surface area contributed by atoms with E-state index in [4.69, 9.17) is 11.6 Å². The topological polar surface area (TPSA) is 12.9 Å². The number of nitrogens with zero attached hydrogens (tertiary/aromatic N) is 1. The minimum atomic E-state index is -0.467. The summed E-state index contributed by atoms with van der Waals surface area (Å²) in [6.45, 7) is 0. The second kappa shape index (κ2) is 4.89. The van der Waals surface area contributed by atoms with Crippen molar-refractivity contribution in [2.45, 2.75) is 6.42 Å². The molecule has 1 aromatic carbocycles. The number of rotatable bonds is 3. The van der Waals surface area contributed by atoms with E-state index in [9.17, 15) is 8.78 Å². The summed E-state index contributed by atoms with van der Waals surface area (Å²) in [5.74, 6) is -0.465. The van der Waals surface area contributed by atoms with E-state index >= 15 is 0 Å². The number of alkyl halides is 1.